The summed E-state index contributed by atoms with van der Waals surface area (Å²) in [6.45, 7) is 0. The van der Waals surface area contributed by atoms with Crippen molar-refractivity contribution in [3.63, 3.8) is 0 Å². The van der Waals surface area contributed by atoms with Crippen molar-refractivity contribution in [3.8, 4) is 45.0 Å². The molecule has 0 amide bonds. The summed E-state index contributed by atoms with van der Waals surface area (Å²) in [6.07, 6.45) is 0. The molecule has 0 atom stereocenters. The fourth-order valence-corrected chi connectivity index (χ4v) is 5.02. The van der Waals surface area contributed by atoms with Gasteiger partial charge in [0.05, 0.1) is 16.9 Å². The third kappa shape index (κ3) is 3.91. The first-order valence-electron chi connectivity index (χ1n) is 12.7. The number of benzene rings is 5. The highest BCUT2D eigenvalue weighted by molar-refractivity contribution is 6.12. The van der Waals surface area contributed by atoms with Crippen molar-refractivity contribution >= 4 is 21.8 Å². The molecule has 0 N–H and O–H groups in total. The van der Waals surface area contributed by atoms with Crippen LogP contribution < -0.4 is 0 Å². The van der Waals surface area contributed by atoms with E-state index in [1.807, 2.05) is 48.5 Å². The Bertz CT molecular complexity index is 1740. The van der Waals surface area contributed by atoms with Crippen molar-refractivity contribution in [2.24, 2.45) is 0 Å². The van der Waals surface area contributed by atoms with Gasteiger partial charge in [0.2, 0.25) is 0 Å². The molecule has 7 rings (SSSR count). The van der Waals surface area contributed by atoms with Crippen LogP contribution in [0.25, 0.3) is 66.8 Å². The van der Waals surface area contributed by atoms with Gasteiger partial charge in [0, 0.05) is 27.5 Å². The standard InChI is InChI=1S/C35H23N3/c1-5-13-24(14-6-1)30-23-31(25-15-7-2-8-16-25)36-33-28(30)21-22-29-32(26-17-9-3-10-18-26)37-35(38-34(29)33)27-19-11-4-12-20-27/h1-23H. The first-order valence-corrected chi connectivity index (χ1v) is 12.7. The van der Waals surface area contributed by atoms with Gasteiger partial charge in [-0.25, -0.2) is 15.0 Å². The predicted molar refractivity (Wildman–Crippen MR) is 157 cm³/mol. The van der Waals surface area contributed by atoms with E-state index in [4.69, 9.17) is 15.0 Å². The molecule has 0 aliphatic rings. The van der Waals surface area contributed by atoms with Gasteiger partial charge in [-0.3, -0.25) is 0 Å². The smallest absolute Gasteiger partial charge is 0.160 e. The van der Waals surface area contributed by atoms with E-state index >= 15 is 0 Å². The van der Waals surface area contributed by atoms with Crippen molar-refractivity contribution in [1.29, 1.82) is 0 Å². The molecule has 0 aliphatic heterocycles. The lowest BCUT2D eigenvalue weighted by Gasteiger charge is -2.14. The van der Waals surface area contributed by atoms with Crippen molar-refractivity contribution < 1.29 is 0 Å². The lowest BCUT2D eigenvalue weighted by Crippen LogP contribution is -1.98. The van der Waals surface area contributed by atoms with Crippen LogP contribution >= 0.6 is 0 Å². The zero-order chi connectivity index (χ0) is 25.3. The molecular weight excluding hydrogens is 462 g/mol. The van der Waals surface area contributed by atoms with Gasteiger partial charge in [-0.15, -0.1) is 0 Å². The van der Waals surface area contributed by atoms with Gasteiger partial charge in [-0.2, -0.15) is 0 Å². The maximum absolute atomic E-state index is 5.24. The molecule has 0 radical (unpaired) electrons. The second kappa shape index (κ2) is 9.38. The highest BCUT2D eigenvalue weighted by Gasteiger charge is 2.17. The van der Waals surface area contributed by atoms with Gasteiger partial charge in [-0.1, -0.05) is 127 Å². The monoisotopic (exact) mass is 485 g/mol. The van der Waals surface area contributed by atoms with Crippen molar-refractivity contribution in [3.05, 3.63) is 140 Å². The second-order valence-corrected chi connectivity index (χ2v) is 9.27. The number of fused-ring (bicyclic) bond motifs is 3. The number of rotatable bonds is 4. The molecule has 0 spiro atoms. The van der Waals surface area contributed by atoms with Gasteiger partial charge in [0.15, 0.2) is 5.82 Å². The zero-order valence-electron chi connectivity index (χ0n) is 20.6. The van der Waals surface area contributed by atoms with Crippen LogP contribution in [0.15, 0.2) is 140 Å². The fourth-order valence-electron chi connectivity index (χ4n) is 5.02. The summed E-state index contributed by atoms with van der Waals surface area (Å²) in [6, 6.07) is 47.8. The molecular formula is C35H23N3. The molecule has 178 valence electrons. The fraction of sp³-hybridized carbons (Fsp3) is 0. The number of pyridine rings is 1. The van der Waals surface area contributed by atoms with E-state index in [0.29, 0.717) is 5.82 Å². The van der Waals surface area contributed by atoms with Crippen molar-refractivity contribution in [2.75, 3.05) is 0 Å². The second-order valence-electron chi connectivity index (χ2n) is 9.27. The topological polar surface area (TPSA) is 38.7 Å². The Labute approximate surface area is 221 Å². The Hall–Kier alpha value is -5.15. The molecule has 0 saturated heterocycles. The molecule has 38 heavy (non-hydrogen) atoms. The molecule has 0 bridgehead atoms. The average Bonchev–Trinajstić information content (AvgIpc) is 3.01. The summed E-state index contributed by atoms with van der Waals surface area (Å²) >= 11 is 0. The van der Waals surface area contributed by atoms with E-state index in [-0.39, 0.29) is 0 Å². The Morgan fingerprint density at radius 3 is 1.50 bits per heavy atom. The summed E-state index contributed by atoms with van der Waals surface area (Å²) in [7, 11) is 0. The summed E-state index contributed by atoms with van der Waals surface area (Å²) in [4.78, 5) is 15.5. The van der Waals surface area contributed by atoms with Crippen LogP contribution in [0.1, 0.15) is 0 Å². The highest BCUT2D eigenvalue weighted by atomic mass is 14.9. The van der Waals surface area contributed by atoms with Gasteiger partial charge in [0.1, 0.15) is 5.52 Å². The Morgan fingerprint density at radius 1 is 0.368 bits per heavy atom. The normalized spacial score (nSPS) is 11.2. The molecule has 2 heterocycles. The van der Waals surface area contributed by atoms with Crippen molar-refractivity contribution in [2.45, 2.75) is 0 Å². The van der Waals surface area contributed by atoms with E-state index in [1.165, 1.54) is 0 Å². The largest absolute Gasteiger partial charge is 0.245 e. The predicted octanol–water partition coefficient (Wildman–Crippen LogP) is 8.85. The van der Waals surface area contributed by atoms with E-state index in [0.717, 1.165) is 61.0 Å². The summed E-state index contributed by atoms with van der Waals surface area (Å²) in [5.74, 6) is 0.692. The van der Waals surface area contributed by atoms with Crippen LogP contribution in [0.2, 0.25) is 0 Å². The first kappa shape index (κ1) is 22.1. The molecule has 0 saturated carbocycles. The SMILES string of the molecule is c1ccc(-c2cc(-c3ccccc3)c3ccc4c(-c5ccccc5)nc(-c5ccccc5)nc4c3n2)cc1. The van der Waals surface area contributed by atoms with E-state index in [9.17, 15) is 0 Å². The molecule has 0 fully saturated rings. The van der Waals surface area contributed by atoms with Crippen LogP contribution in [-0.2, 0) is 0 Å². The Balaban J connectivity index is 1.62. The summed E-state index contributed by atoms with van der Waals surface area (Å²) in [5, 5.41) is 2.06. The van der Waals surface area contributed by atoms with Crippen molar-refractivity contribution in [1.82, 2.24) is 15.0 Å². The van der Waals surface area contributed by atoms with E-state index < -0.39 is 0 Å². The number of aromatic nitrogens is 3. The number of nitrogens with zero attached hydrogens (tertiary/aromatic N) is 3. The molecule has 5 aromatic carbocycles. The van der Waals surface area contributed by atoms with Crippen LogP contribution in [0, 0.1) is 0 Å². The lowest BCUT2D eigenvalue weighted by molar-refractivity contribution is 1.23. The van der Waals surface area contributed by atoms with Crippen LogP contribution in [0.5, 0.6) is 0 Å². The molecule has 7 aromatic rings. The first-order chi connectivity index (χ1) is 18.8. The minimum absolute atomic E-state index is 0.692. The van der Waals surface area contributed by atoms with Gasteiger partial charge in [0.25, 0.3) is 0 Å². The van der Waals surface area contributed by atoms with E-state index in [2.05, 4.69) is 91.0 Å². The Morgan fingerprint density at radius 2 is 0.868 bits per heavy atom. The summed E-state index contributed by atoms with van der Waals surface area (Å²) < 4.78 is 0. The minimum Gasteiger partial charge on any atom is -0.245 e. The maximum Gasteiger partial charge on any atom is 0.160 e. The average molecular weight is 486 g/mol. The molecule has 3 nitrogen and oxygen atoms in total. The zero-order valence-corrected chi connectivity index (χ0v) is 20.6. The van der Waals surface area contributed by atoms with E-state index in [1.54, 1.807) is 0 Å². The summed E-state index contributed by atoms with van der Waals surface area (Å²) in [5.41, 5.74) is 8.95. The molecule has 3 heteroatoms. The molecule has 0 aliphatic carbocycles. The third-order valence-electron chi connectivity index (χ3n) is 6.88. The van der Waals surface area contributed by atoms with Gasteiger partial charge >= 0.3 is 0 Å². The third-order valence-corrected chi connectivity index (χ3v) is 6.88. The lowest BCUT2D eigenvalue weighted by atomic mass is 9.96. The van der Waals surface area contributed by atoms with Crippen LogP contribution in [-0.4, -0.2) is 15.0 Å². The highest BCUT2D eigenvalue weighted by Crippen LogP contribution is 2.38. The van der Waals surface area contributed by atoms with Gasteiger partial charge in [-0.05, 0) is 23.3 Å². The van der Waals surface area contributed by atoms with Crippen LogP contribution in [0.3, 0.4) is 0 Å². The number of hydrogen-bond acceptors (Lipinski definition) is 3. The maximum atomic E-state index is 5.24. The quantitative estimate of drug-likeness (QED) is 0.234. The number of hydrogen-bond donors (Lipinski definition) is 0. The molecule has 2 aromatic heterocycles. The van der Waals surface area contributed by atoms with Gasteiger partial charge < -0.3 is 0 Å². The van der Waals surface area contributed by atoms with Crippen LogP contribution in [0.4, 0.5) is 0 Å². The Kier molecular flexibility index (Phi) is 5.45. The minimum atomic E-state index is 0.692. The molecule has 0 unspecified atom stereocenters.